The molecule has 3 heteroatoms. The molecule has 0 aliphatic carbocycles. The second-order valence-corrected chi connectivity index (χ2v) is 2.93. The lowest BCUT2D eigenvalue weighted by Crippen LogP contribution is -1.92. The van der Waals surface area contributed by atoms with Crippen molar-refractivity contribution in [1.29, 1.82) is 0 Å². The fourth-order valence-electron chi connectivity index (χ4n) is 0.751. The van der Waals surface area contributed by atoms with E-state index in [1.165, 1.54) is 4.88 Å². The maximum atomic E-state index is 4.12. The summed E-state index contributed by atoms with van der Waals surface area (Å²) in [7, 11) is 1.80. The van der Waals surface area contributed by atoms with Crippen molar-refractivity contribution in [3.05, 3.63) is 16.1 Å². The number of hydrogen-bond acceptors (Lipinski definition) is 3. The first-order valence-corrected chi connectivity index (χ1v) is 3.97. The summed E-state index contributed by atoms with van der Waals surface area (Å²) in [6, 6.07) is 0. The number of nitrogens with zero attached hydrogens (tertiary/aromatic N) is 2. The van der Waals surface area contributed by atoms with E-state index in [4.69, 9.17) is 0 Å². The Morgan fingerprint density at radius 2 is 2.40 bits per heavy atom. The van der Waals surface area contributed by atoms with E-state index in [2.05, 4.69) is 9.98 Å². The Bertz CT molecular complexity index is 250. The van der Waals surface area contributed by atoms with E-state index in [0.29, 0.717) is 0 Å². The molecule has 1 aromatic rings. The average Bonchev–Trinajstić information content (AvgIpc) is 2.34. The van der Waals surface area contributed by atoms with Gasteiger partial charge in [0.15, 0.2) is 0 Å². The Labute approximate surface area is 64.6 Å². The van der Waals surface area contributed by atoms with Gasteiger partial charge in [-0.3, -0.25) is 4.99 Å². The summed E-state index contributed by atoms with van der Waals surface area (Å²) in [4.78, 5) is 9.40. The number of thiazole rings is 1. The maximum absolute atomic E-state index is 4.12. The van der Waals surface area contributed by atoms with Crippen LogP contribution in [0.4, 0.5) is 0 Å². The van der Waals surface area contributed by atoms with E-state index in [0.717, 1.165) is 11.4 Å². The molecule has 0 aromatic carbocycles. The van der Waals surface area contributed by atoms with E-state index >= 15 is 0 Å². The van der Waals surface area contributed by atoms with Crippen LogP contribution in [0.3, 0.4) is 0 Å². The van der Waals surface area contributed by atoms with Gasteiger partial charge in [0.2, 0.25) is 0 Å². The van der Waals surface area contributed by atoms with Gasteiger partial charge in [-0.1, -0.05) is 0 Å². The van der Waals surface area contributed by atoms with Crippen molar-refractivity contribution in [3.8, 4) is 0 Å². The van der Waals surface area contributed by atoms with Gasteiger partial charge >= 0.3 is 0 Å². The Balaban J connectivity index is 3.05. The zero-order valence-corrected chi connectivity index (χ0v) is 7.20. The molecule has 0 saturated heterocycles. The van der Waals surface area contributed by atoms with E-state index in [-0.39, 0.29) is 0 Å². The molecule has 0 aliphatic rings. The smallest absolute Gasteiger partial charge is 0.0801 e. The summed E-state index contributed by atoms with van der Waals surface area (Å²) in [6.07, 6.45) is 0. The predicted octanol–water partition coefficient (Wildman–Crippen LogP) is 1.89. The highest BCUT2D eigenvalue weighted by atomic mass is 32.1. The van der Waals surface area contributed by atoms with Crippen molar-refractivity contribution < 1.29 is 0 Å². The van der Waals surface area contributed by atoms with Crippen molar-refractivity contribution in [2.24, 2.45) is 4.99 Å². The molecule has 0 amide bonds. The van der Waals surface area contributed by atoms with Crippen LogP contribution in [0.15, 0.2) is 10.5 Å². The minimum Gasteiger partial charge on any atom is -0.292 e. The second kappa shape index (κ2) is 2.92. The summed E-state index contributed by atoms with van der Waals surface area (Å²) >= 11 is 1.64. The summed E-state index contributed by atoms with van der Waals surface area (Å²) in [5, 5.41) is 0. The van der Waals surface area contributed by atoms with Crippen molar-refractivity contribution in [2.45, 2.75) is 13.8 Å². The molecule has 0 atom stereocenters. The fraction of sp³-hybridized carbons (Fsp3) is 0.429. The third kappa shape index (κ3) is 1.24. The maximum Gasteiger partial charge on any atom is 0.0801 e. The van der Waals surface area contributed by atoms with Crippen LogP contribution in [0.25, 0.3) is 0 Å². The highest BCUT2D eigenvalue weighted by Crippen LogP contribution is 2.12. The van der Waals surface area contributed by atoms with Gasteiger partial charge in [-0.15, -0.1) is 11.3 Å². The van der Waals surface area contributed by atoms with E-state index in [1.807, 2.05) is 19.4 Å². The molecule has 0 fully saturated rings. The molecule has 10 heavy (non-hydrogen) atoms. The first kappa shape index (κ1) is 7.41. The highest BCUT2D eigenvalue weighted by Gasteiger charge is 2.02. The number of hydrogen-bond donors (Lipinski definition) is 0. The molecule has 54 valence electrons. The Morgan fingerprint density at radius 3 is 2.80 bits per heavy atom. The molecule has 1 heterocycles. The van der Waals surface area contributed by atoms with Gasteiger partial charge in [0.05, 0.1) is 21.8 Å². The topological polar surface area (TPSA) is 25.2 Å². The van der Waals surface area contributed by atoms with Crippen LogP contribution >= 0.6 is 11.3 Å². The number of aliphatic imine (C=N–C) groups is 1. The Morgan fingerprint density at radius 1 is 1.70 bits per heavy atom. The SMILES string of the molecule is CN=C(C)c1scnc1C. The van der Waals surface area contributed by atoms with E-state index in [1.54, 1.807) is 18.4 Å². The van der Waals surface area contributed by atoms with Crippen molar-refractivity contribution in [3.63, 3.8) is 0 Å². The van der Waals surface area contributed by atoms with E-state index in [9.17, 15) is 0 Å². The Kier molecular flexibility index (Phi) is 2.17. The quantitative estimate of drug-likeness (QED) is 0.567. The van der Waals surface area contributed by atoms with Gasteiger partial charge in [-0.25, -0.2) is 4.98 Å². The van der Waals surface area contributed by atoms with Crippen LogP contribution < -0.4 is 0 Å². The minimum absolute atomic E-state index is 1.07. The van der Waals surface area contributed by atoms with Crippen LogP contribution in [-0.4, -0.2) is 17.7 Å². The molecule has 0 bridgehead atoms. The lowest BCUT2D eigenvalue weighted by Gasteiger charge is -1.92. The monoisotopic (exact) mass is 154 g/mol. The molecule has 0 radical (unpaired) electrons. The summed E-state index contributed by atoms with van der Waals surface area (Å²) < 4.78 is 0. The van der Waals surface area contributed by atoms with Crippen LogP contribution in [-0.2, 0) is 0 Å². The lowest BCUT2D eigenvalue weighted by molar-refractivity contribution is 1.25. The Hall–Kier alpha value is -0.700. The van der Waals surface area contributed by atoms with Gasteiger partial charge in [0.25, 0.3) is 0 Å². The largest absolute Gasteiger partial charge is 0.292 e. The third-order valence-electron chi connectivity index (χ3n) is 1.41. The second-order valence-electron chi connectivity index (χ2n) is 2.08. The van der Waals surface area contributed by atoms with Crippen LogP contribution in [0, 0.1) is 6.92 Å². The minimum atomic E-state index is 1.07. The van der Waals surface area contributed by atoms with Gasteiger partial charge in [-0.2, -0.15) is 0 Å². The van der Waals surface area contributed by atoms with Gasteiger partial charge in [0, 0.05) is 7.05 Å². The third-order valence-corrected chi connectivity index (χ3v) is 2.45. The molecule has 0 N–H and O–H groups in total. The normalized spacial score (nSPS) is 12.1. The molecule has 1 rings (SSSR count). The van der Waals surface area contributed by atoms with Gasteiger partial charge < -0.3 is 0 Å². The molecule has 0 spiro atoms. The first-order valence-electron chi connectivity index (χ1n) is 3.09. The van der Waals surface area contributed by atoms with Gasteiger partial charge in [0.1, 0.15) is 0 Å². The van der Waals surface area contributed by atoms with Crippen LogP contribution in [0.1, 0.15) is 17.5 Å². The molecule has 0 unspecified atom stereocenters. The molecule has 1 aromatic heterocycles. The summed E-state index contributed by atoms with van der Waals surface area (Å²) in [6.45, 7) is 4.00. The number of aryl methyl sites for hydroxylation is 1. The van der Waals surface area contributed by atoms with Gasteiger partial charge in [-0.05, 0) is 13.8 Å². The molecular formula is C7H10N2S. The zero-order valence-electron chi connectivity index (χ0n) is 6.38. The number of rotatable bonds is 1. The standard InChI is InChI=1S/C7H10N2S/c1-5(8-3)7-6(2)9-4-10-7/h4H,1-3H3. The fourth-order valence-corrected chi connectivity index (χ4v) is 1.55. The average molecular weight is 154 g/mol. The predicted molar refractivity (Wildman–Crippen MR) is 45.0 cm³/mol. The van der Waals surface area contributed by atoms with Crippen LogP contribution in [0.5, 0.6) is 0 Å². The summed E-state index contributed by atoms with van der Waals surface area (Å²) in [5.41, 5.74) is 3.99. The molecule has 2 nitrogen and oxygen atoms in total. The highest BCUT2D eigenvalue weighted by molar-refractivity contribution is 7.12. The van der Waals surface area contributed by atoms with Crippen molar-refractivity contribution in [2.75, 3.05) is 7.05 Å². The van der Waals surface area contributed by atoms with Crippen molar-refractivity contribution in [1.82, 2.24) is 4.98 Å². The lowest BCUT2D eigenvalue weighted by atomic mass is 10.3. The number of aromatic nitrogens is 1. The summed E-state index contributed by atoms with van der Waals surface area (Å²) in [5.74, 6) is 0. The first-order chi connectivity index (χ1) is 4.75. The van der Waals surface area contributed by atoms with E-state index < -0.39 is 0 Å². The molecule has 0 saturated carbocycles. The van der Waals surface area contributed by atoms with Crippen molar-refractivity contribution >= 4 is 17.0 Å². The zero-order chi connectivity index (χ0) is 7.56. The molecule has 0 aliphatic heterocycles. The van der Waals surface area contributed by atoms with Crippen LogP contribution in [0.2, 0.25) is 0 Å². The molecular weight excluding hydrogens is 144 g/mol.